The maximum Gasteiger partial charge on any atom is 3.00 e. The number of unbranched alkanes of at least 4 members (excludes halogenated alkanes) is 1. The van der Waals surface area contributed by atoms with Gasteiger partial charge in [0.15, 0.2) is 0 Å². The van der Waals surface area contributed by atoms with E-state index in [0.717, 1.165) is 12.8 Å². The van der Waals surface area contributed by atoms with Crippen LogP contribution in [0.4, 0.5) is 0 Å². The van der Waals surface area contributed by atoms with Gasteiger partial charge in [-0.2, -0.15) is 0 Å². The number of hydrogen-bond donors (Lipinski definition) is 0. The van der Waals surface area contributed by atoms with Crippen molar-refractivity contribution in [2.75, 3.05) is 6.61 Å². The zero-order valence-corrected chi connectivity index (χ0v) is 8.76. The van der Waals surface area contributed by atoms with Crippen LogP contribution in [0.3, 0.4) is 0 Å². The second-order valence-electron chi connectivity index (χ2n) is 1.06. The Kier molecular flexibility index (Phi) is 67.4. The van der Waals surface area contributed by atoms with Crippen molar-refractivity contribution in [1.82, 2.24) is 0 Å². The van der Waals surface area contributed by atoms with E-state index in [4.69, 9.17) is 0 Å². The van der Waals surface area contributed by atoms with Crippen molar-refractivity contribution in [2.45, 2.75) is 19.8 Å². The molecular weight excluding hydrogens is 226 g/mol. The summed E-state index contributed by atoms with van der Waals surface area (Å²) in [5.41, 5.74) is 0. The Labute approximate surface area is 82.2 Å². The molecule has 0 spiro atoms. The molecule has 0 aromatic heterocycles. The Morgan fingerprint density at radius 3 is 1.62 bits per heavy atom. The van der Waals surface area contributed by atoms with Gasteiger partial charge in [-0.05, 0) is 0 Å². The van der Waals surface area contributed by atoms with Crippen LogP contribution in [-0.4, -0.2) is 6.61 Å². The molecule has 0 saturated carbocycles. The molecule has 0 aromatic carbocycles. The summed E-state index contributed by atoms with van der Waals surface area (Å²) < 4.78 is 0. The molecule has 0 N–H and O–H groups in total. The smallest absolute Gasteiger partial charge is 1.00 e. The summed E-state index contributed by atoms with van der Waals surface area (Å²) in [7, 11) is 0. The molecular formula is C4H9Cl2OZr. The SMILES string of the molecule is CCCC[O-].[Cl-].[Cl-].[Zr+3]. The minimum atomic E-state index is 0. The van der Waals surface area contributed by atoms with Crippen LogP contribution in [0.15, 0.2) is 0 Å². The van der Waals surface area contributed by atoms with Crippen LogP contribution in [0.5, 0.6) is 0 Å². The molecule has 0 rings (SSSR count). The number of halogens is 2. The molecule has 0 heterocycles. The zero-order valence-electron chi connectivity index (χ0n) is 4.79. The fourth-order valence-corrected chi connectivity index (χ4v) is 0.144. The van der Waals surface area contributed by atoms with Crippen molar-refractivity contribution in [1.29, 1.82) is 0 Å². The normalized spacial score (nSPS) is 5.25. The van der Waals surface area contributed by atoms with Gasteiger partial charge in [-0.25, -0.2) is 0 Å². The van der Waals surface area contributed by atoms with Crippen molar-refractivity contribution in [3.63, 3.8) is 0 Å². The topological polar surface area (TPSA) is 23.1 Å². The zero-order chi connectivity index (χ0) is 4.12. The van der Waals surface area contributed by atoms with E-state index in [2.05, 4.69) is 0 Å². The van der Waals surface area contributed by atoms with Crippen molar-refractivity contribution in [2.24, 2.45) is 0 Å². The van der Waals surface area contributed by atoms with E-state index in [1.165, 1.54) is 0 Å². The first-order valence-corrected chi connectivity index (χ1v) is 2.00. The number of rotatable bonds is 2. The predicted molar refractivity (Wildman–Crippen MR) is 19.8 cm³/mol. The second-order valence-corrected chi connectivity index (χ2v) is 1.06. The average molecular weight is 235 g/mol. The Hall–Kier alpha value is 1.42. The summed E-state index contributed by atoms with van der Waals surface area (Å²) in [6, 6.07) is 0. The standard InChI is InChI=1S/C4H9O.2ClH.Zr/c1-2-3-4-5;;;/h2-4H2,1H3;2*1H;/q-1;;;+3/p-2. The van der Waals surface area contributed by atoms with Crippen LogP contribution < -0.4 is 29.9 Å². The van der Waals surface area contributed by atoms with Gasteiger partial charge in [0, 0.05) is 0 Å². The summed E-state index contributed by atoms with van der Waals surface area (Å²) in [4.78, 5) is 0. The average Bonchev–Trinajstić information content (AvgIpc) is 1.41. The predicted octanol–water partition coefficient (Wildman–Crippen LogP) is -5.85. The fraction of sp³-hybridized carbons (Fsp3) is 1.00. The summed E-state index contributed by atoms with van der Waals surface area (Å²) in [5, 5.41) is 9.53. The van der Waals surface area contributed by atoms with Crippen molar-refractivity contribution in [3.8, 4) is 0 Å². The van der Waals surface area contributed by atoms with Gasteiger partial charge in [0.05, 0.1) is 0 Å². The first-order valence-electron chi connectivity index (χ1n) is 2.00. The molecule has 0 aliphatic heterocycles. The van der Waals surface area contributed by atoms with Crippen LogP contribution in [0.2, 0.25) is 0 Å². The van der Waals surface area contributed by atoms with Gasteiger partial charge < -0.3 is 29.9 Å². The molecule has 0 aliphatic carbocycles. The van der Waals surface area contributed by atoms with Crippen molar-refractivity contribution >= 4 is 0 Å². The van der Waals surface area contributed by atoms with Gasteiger partial charge in [0.25, 0.3) is 0 Å². The van der Waals surface area contributed by atoms with Crippen LogP contribution in [0.25, 0.3) is 0 Å². The second kappa shape index (κ2) is 23.7. The first-order chi connectivity index (χ1) is 2.41. The first kappa shape index (κ1) is 22.7. The van der Waals surface area contributed by atoms with Crippen LogP contribution >= 0.6 is 0 Å². The molecule has 8 heavy (non-hydrogen) atoms. The monoisotopic (exact) mass is 233 g/mol. The number of hydrogen-bond acceptors (Lipinski definition) is 1. The summed E-state index contributed by atoms with van der Waals surface area (Å²) in [5.74, 6) is 0. The summed E-state index contributed by atoms with van der Waals surface area (Å²) in [6.45, 7) is 2.11. The van der Waals surface area contributed by atoms with E-state index in [1.54, 1.807) is 0 Å². The molecule has 1 nitrogen and oxygen atoms in total. The van der Waals surface area contributed by atoms with Crippen LogP contribution in [0.1, 0.15) is 19.8 Å². The van der Waals surface area contributed by atoms with Crippen molar-refractivity contribution in [3.05, 3.63) is 0 Å². The third-order valence-corrected chi connectivity index (χ3v) is 0.498. The van der Waals surface area contributed by atoms with E-state index in [9.17, 15) is 5.11 Å². The molecule has 0 aliphatic rings. The Bertz CT molecular complexity index is 21.5. The molecule has 0 unspecified atom stereocenters. The van der Waals surface area contributed by atoms with Crippen LogP contribution in [-0.2, 0) is 26.2 Å². The molecule has 0 saturated heterocycles. The van der Waals surface area contributed by atoms with Gasteiger partial charge in [-0.3, -0.25) is 0 Å². The van der Waals surface area contributed by atoms with E-state index in [0.29, 0.717) is 0 Å². The van der Waals surface area contributed by atoms with Gasteiger partial charge in [-0.15, -0.1) is 6.61 Å². The van der Waals surface area contributed by atoms with E-state index < -0.39 is 0 Å². The molecule has 0 bridgehead atoms. The maximum atomic E-state index is 9.53. The van der Waals surface area contributed by atoms with Gasteiger partial charge in [0.1, 0.15) is 0 Å². The quantitative estimate of drug-likeness (QED) is 0.467. The minimum absolute atomic E-state index is 0. The Morgan fingerprint density at radius 2 is 1.62 bits per heavy atom. The Balaban J connectivity index is -0.0000000267. The molecule has 49 valence electrons. The maximum absolute atomic E-state index is 9.53. The largest absolute Gasteiger partial charge is 3.00 e. The summed E-state index contributed by atoms with van der Waals surface area (Å²) >= 11 is 0. The molecule has 0 atom stereocenters. The van der Waals surface area contributed by atoms with Gasteiger partial charge in [-0.1, -0.05) is 19.8 Å². The third-order valence-electron chi connectivity index (χ3n) is 0.498. The van der Waals surface area contributed by atoms with E-state index in [-0.39, 0.29) is 57.6 Å². The Morgan fingerprint density at radius 1 is 1.25 bits per heavy atom. The van der Waals surface area contributed by atoms with Crippen LogP contribution in [0, 0.1) is 0 Å². The van der Waals surface area contributed by atoms with E-state index in [1.807, 2.05) is 6.92 Å². The van der Waals surface area contributed by atoms with Crippen molar-refractivity contribution < 1.29 is 56.1 Å². The molecule has 1 radical (unpaired) electrons. The molecule has 4 heteroatoms. The molecule has 0 amide bonds. The van der Waals surface area contributed by atoms with Gasteiger partial charge >= 0.3 is 26.2 Å². The minimum Gasteiger partial charge on any atom is -1.00 e. The summed E-state index contributed by atoms with van der Waals surface area (Å²) in [6.07, 6.45) is 1.86. The third kappa shape index (κ3) is 26.1. The molecule has 0 fully saturated rings. The molecule has 0 aromatic rings. The van der Waals surface area contributed by atoms with E-state index >= 15 is 0 Å². The van der Waals surface area contributed by atoms with Gasteiger partial charge in [0.2, 0.25) is 0 Å². The fourth-order valence-electron chi connectivity index (χ4n) is 0.144.